The number of carbonyl (C=O) groups is 2. The molecule has 7 nitrogen and oxygen atoms in total. The summed E-state index contributed by atoms with van der Waals surface area (Å²) in [5.74, 6) is -0.00738. The highest BCUT2D eigenvalue weighted by Gasteiger charge is 2.37. The lowest BCUT2D eigenvalue weighted by molar-refractivity contribution is -0.145. The van der Waals surface area contributed by atoms with Crippen molar-refractivity contribution in [3.05, 3.63) is 5.82 Å². The summed E-state index contributed by atoms with van der Waals surface area (Å²) in [6.07, 6.45) is 0.153. The molecule has 1 N–H and O–H groups in total. The molecule has 7 heteroatoms. The molecule has 0 spiro atoms. The number of methoxy groups -OCH3 is 1. The van der Waals surface area contributed by atoms with Gasteiger partial charge in [-0.3, -0.25) is 19.6 Å². The molecular weight excluding hydrogens is 212 g/mol. The summed E-state index contributed by atoms with van der Waals surface area (Å²) < 4.78 is 4.61. The second-order valence-corrected chi connectivity index (χ2v) is 3.65. The molecule has 1 saturated heterocycles. The zero-order valence-corrected chi connectivity index (χ0v) is 9.06. The Labute approximate surface area is 91.8 Å². The van der Waals surface area contributed by atoms with Gasteiger partial charge in [0.25, 0.3) is 5.95 Å². The standard InChI is InChI=1S/C9H12N4O3/c1-5-10-9(12-11-5)13-4-6(3-7(13)14)8(15)16-2/h6H,3-4H2,1-2H3,(H,10,11,12). The minimum atomic E-state index is -0.420. The topological polar surface area (TPSA) is 88.2 Å². The maximum atomic E-state index is 11.6. The largest absolute Gasteiger partial charge is 0.469 e. The first-order chi connectivity index (χ1) is 7.61. The molecule has 86 valence electrons. The molecule has 1 aromatic rings. The van der Waals surface area contributed by atoms with E-state index < -0.39 is 5.92 Å². The van der Waals surface area contributed by atoms with Crippen LogP contribution >= 0.6 is 0 Å². The highest BCUT2D eigenvalue weighted by molar-refractivity contribution is 5.98. The molecule has 0 aromatic carbocycles. The van der Waals surface area contributed by atoms with Crippen LogP contribution in [0.4, 0.5) is 5.95 Å². The van der Waals surface area contributed by atoms with Gasteiger partial charge in [0.15, 0.2) is 0 Å². The van der Waals surface area contributed by atoms with Gasteiger partial charge in [0.05, 0.1) is 13.0 Å². The normalized spacial score (nSPS) is 20.2. The molecular formula is C9H12N4O3. The molecule has 2 heterocycles. The van der Waals surface area contributed by atoms with Crippen LogP contribution in [0.2, 0.25) is 0 Å². The molecule has 0 aliphatic carbocycles. The maximum Gasteiger partial charge on any atom is 0.311 e. The van der Waals surface area contributed by atoms with E-state index in [2.05, 4.69) is 19.9 Å². The van der Waals surface area contributed by atoms with Gasteiger partial charge in [-0.2, -0.15) is 4.98 Å². The van der Waals surface area contributed by atoms with Gasteiger partial charge in [-0.25, -0.2) is 0 Å². The number of H-pyrrole nitrogens is 1. The van der Waals surface area contributed by atoms with E-state index in [1.165, 1.54) is 12.0 Å². The number of amides is 1. The first-order valence-corrected chi connectivity index (χ1v) is 4.89. The Kier molecular flexibility index (Phi) is 2.59. The Hall–Kier alpha value is -1.92. The Morgan fingerprint density at radius 1 is 1.62 bits per heavy atom. The predicted octanol–water partition coefficient (Wildman–Crippen LogP) is -0.361. The number of nitrogens with zero attached hydrogens (tertiary/aromatic N) is 3. The molecule has 0 saturated carbocycles. The smallest absolute Gasteiger partial charge is 0.311 e. The van der Waals surface area contributed by atoms with Crippen LogP contribution in [-0.4, -0.2) is 40.7 Å². The van der Waals surface area contributed by atoms with Gasteiger partial charge < -0.3 is 4.74 Å². The van der Waals surface area contributed by atoms with Crippen molar-refractivity contribution in [1.29, 1.82) is 0 Å². The number of esters is 1. The predicted molar refractivity (Wildman–Crippen MR) is 53.6 cm³/mol. The van der Waals surface area contributed by atoms with Crippen molar-refractivity contribution in [3.8, 4) is 0 Å². The van der Waals surface area contributed by atoms with E-state index >= 15 is 0 Å². The second-order valence-electron chi connectivity index (χ2n) is 3.65. The average molecular weight is 224 g/mol. The van der Waals surface area contributed by atoms with E-state index in [1.54, 1.807) is 6.92 Å². The number of aryl methyl sites for hydroxylation is 1. The lowest BCUT2D eigenvalue weighted by Gasteiger charge is -2.10. The van der Waals surface area contributed by atoms with E-state index in [9.17, 15) is 9.59 Å². The van der Waals surface area contributed by atoms with E-state index in [0.717, 1.165) is 0 Å². The van der Waals surface area contributed by atoms with Crippen LogP contribution in [0.25, 0.3) is 0 Å². The minimum Gasteiger partial charge on any atom is -0.469 e. The fourth-order valence-electron chi connectivity index (χ4n) is 1.68. The first-order valence-electron chi connectivity index (χ1n) is 4.89. The summed E-state index contributed by atoms with van der Waals surface area (Å²) in [5.41, 5.74) is 0. The van der Waals surface area contributed by atoms with Crippen molar-refractivity contribution in [1.82, 2.24) is 15.2 Å². The van der Waals surface area contributed by atoms with E-state index in [4.69, 9.17) is 0 Å². The molecule has 1 aromatic heterocycles. The zero-order chi connectivity index (χ0) is 11.7. The van der Waals surface area contributed by atoms with Crippen molar-refractivity contribution < 1.29 is 14.3 Å². The zero-order valence-electron chi connectivity index (χ0n) is 9.06. The molecule has 1 fully saturated rings. The van der Waals surface area contributed by atoms with E-state index in [1.807, 2.05) is 0 Å². The third-order valence-electron chi connectivity index (χ3n) is 2.49. The molecule has 1 aliphatic heterocycles. The Balaban J connectivity index is 2.14. The highest BCUT2D eigenvalue weighted by atomic mass is 16.5. The average Bonchev–Trinajstić information content (AvgIpc) is 2.83. The van der Waals surface area contributed by atoms with Crippen LogP contribution in [0.15, 0.2) is 0 Å². The molecule has 2 rings (SSSR count). The lowest BCUT2D eigenvalue weighted by atomic mass is 10.1. The van der Waals surface area contributed by atoms with Crippen molar-refractivity contribution in [2.24, 2.45) is 5.92 Å². The summed E-state index contributed by atoms with van der Waals surface area (Å²) >= 11 is 0. The minimum absolute atomic E-state index is 0.153. The number of rotatable bonds is 2. The first kappa shape index (κ1) is 10.6. The van der Waals surface area contributed by atoms with Crippen LogP contribution in [-0.2, 0) is 14.3 Å². The fraction of sp³-hybridized carbons (Fsp3) is 0.556. The molecule has 1 unspecified atom stereocenters. The summed E-state index contributed by atoms with van der Waals surface area (Å²) in [6, 6.07) is 0. The lowest BCUT2D eigenvalue weighted by Crippen LogP contribution is -2.27. The number of ether oxygens (including phenoxy) is 1. The van der Waals surface area contributed by atoms with Gasteiger partial charge in [-0.15, -0.1) is 5.10 Å². The fourth-order valence-corrected chi connectivity index (χ4v) is 1.68. The van der Waals surface area contributed by atoms with Gasteiger partial charge in [0.1, 0.15) is 5.82 Å². The van der Waals surface area contributed by atoms with Gasteiger partial charge in [-0.1, -0.05) is 0 Å². The maximum absolute atomic E-state index is 11.6. The molecule has 1 atom stereocenters. The van der Waals surface area contributed by atoms with Gasteiger partial charge in [0, 0.05) is 13.0 Å². The number of hydrogen-bond acceptors (Lipinski definition) is 5. The third-order valence-corrected chi connectivity index (χ3v) is 2.49. The number of hydrogen-bond donors (Lipinski definition) is 1. The highest BCUT2D eigenvalue weighted by Crippen LogP contribution is 2.22. The monoisotopic (exact) mass is 224 g/mol. The number of aromatic amines is 1. The van der Waals surface area contributed by atoms with E-state index in [-0.39, 0.29) is 24.8 Å². The van der Waals surface area contributed by atoms with Crippen LogP contribution < -0.4 is 4.90 Å². The quantitative estimate of drug-likeness (QED) is 0.693. The Morgan fingerprint density at radius 3 is 2.94 bits per heavy atom. The summed E-state index contributed by atoms with van der Waals surface area (Å²) in [5, 5.41) is 6.54. The SMILES string of the molecule is COC(=O)C1CC(=O)N(c2n[nH]c(C)n2)C1. The van der Waals surface area contributed by atoms with Gasteiger partial charge in [0.2, 0.25) is 5.91 Å². The molecule has 1 amide bonds. The number of nitrogens with one attached hydrogen (secondary N) is 1. The number of aromatic nitrogens is 3. The second kappa shape index (κ2) is 3.92. The van der Waals surface area contributed by atoms with Crippen LogP contribution in [0.3, 0.4) is 0 Å². The van der Waals surface area contributed by atoms with Gasteiger partial charge in [-0.05, 0) is 6.92 Å². The summed E-state index contributed by atoms with van der Waals surface area (Å²) in [4.78, 5) is 28.4. The molecule has 0 radical (unpaired) electrons. The molecule has 1 aliphatic rings. The molecule has 0 bridgehead atoms. The number of carbonyl (C=O) groups excluding carboxylic acids is 2. The van der Waals surface area contributed by atoms with Crippen molar-refractivity contribution >= 4 is 17.8 Å². The van der Waals surface area contributed by atoms with Crippen LogP contribution in [0, 0.1) is 12.8 Å². The third kappa shape index (κ3) is 1.75. The van der Waals surface area contributed by atoms with E-state index in [0.29, 0.717) is 11.8 Å². The van der Waals surface area contributed by atoms with Crippen molar-refractivity contribution in [2.75, 3.05) is 18.6 Å². The Morgan fingerprint density at radius 2 is 2.38 bits per heavy atom. The van der Waals surface area contributed by atoms with Crippen LogP contribution in [0.5, 0.6) is 0 Å². The van der Waals surface area contributed by atoms with Crippen molar-refractivity contribution in [2.45, 2.75) is 13.3 Å². The van der Waals surface area contributed by atoms with Crippen LogP contribution in [0.1, 0.15) is 12.2 Å². The van der Waals surface area contributed by atoms with Crippen molar-refractivity contribution in [3.63, 3.8) is 0 Å². The molecule has 16 heavy (non-hydrogen) atoms. The van der Waals surface area contributed by atoms with Gasteiger partial charge >= 0.3 is 5.97 Å². The number of anilines is 1. The summed E-state index contributed by atoms with van der Waals surface area (Å²) in [7, 11) is 1.31. The summed E-state index contributed by atoms with van der Waals surface area (Å²) in [6.45, 7) is 2.03. The Bertz CT molecular complexity index is 428.